The van der Waals surface area contributed by atoms with Gasteiger partial charge in [-0.05, 0) is 75.9 Å². The maximum absolute atomic E-state index is 12.0. The Bertz CT molecular complexity index is 402. The van der Waals surface area contributed by atoms with E-state index in [9.17, 15) is 4.79 Å². The minimum atomic E-state index is 0.0000650. The molecule has 4 heteroatoms. The first kappa shape index (κ1) is 19.3. The van der Waals surface area contributed by atoms with Gasteiger partial charge >= 0.3 is 6.03 Å². The van der Waals surface area contributed by atoms with Crippen molar-refractivity contribution < 1.29 is 4.79 Å². The Hall–Kier alpha value is -1.03. The van der Waals surface area contributed by atoms with Crippen molar-refractivity contribution in [2.75, 3.05) is 32.7 Å². The third-order valence-corrected chi connectivity index (χ3v) is 5.74. The summed E-state index contributed by atoms with van der Waals surface area (Å²) in [4.78, 5) is 14.5. The number of amides is 2. The van der Waals surface area contributed by atoms with E-state index < -0.39 is 0 Å². The molecule has 0 spiro atoms. The van der Waals surface area contributed by atoms with Crippen molar-refractivity contribution in [1.82, 2.24) is 15.5 Å². The van der Waals surface area contributed by atoms with Crippen molar-refractivity contribution in [1.29, 1.82) is 0 Å². The van der Waals surface area contributed by atoms with Crippen LogP contribution < -0.4 is 10.6 Å². The summed E-state index contributed by atoms with van der Waals surface area (Å²) in [5.41, 5.74) is 1.37. The number of nitrogens with one attached hydrogen (secondary N) is 2. The van der Waals surface area contributed by atoms with Gasteiger partial charge in [0.05, 0.1) is 0 Å². The number of carbonyl (C=O) groups excluding carboxylic acids is 1. The molecule has 2 aliphatic rings. The Balaban J connectivity index is 1.52. The number of allylic oxidation sites excluding steroid dienone is 1. The molecule has 1 saturated heterocycles. The number of urea groups is 1. The molecule has 2 atom stereocenters. The van der Waals surface area contributed by atoms with E-state index in [2.05, 4.69) is 36.0 Å². The fraction of sp³-hybridized carbons (Fsp3) is 0.850. The van der Waals surface area contributed by atoms with Gasteiger partial charge in [-0.3, -0.25) is 0 Å². The lowest BCUT2D eigenvalue weighted by molar-refractivity contribution is 0.179. The third-order valence-electron chi connectivity index (χ3n) is 5.74. The van der Waals surface area contributed by atoms with Crippen molar-refractivity contribution >= 4 is 6.03 Å². The second kappa shape index (κ2) is 10.1. The molecule has 0 bridgehead atoms. The van der Waals surface area contributed by atoms with E-state index in [-0.39, 0.29) is 6.03 Å². The van der Waals surface area contributed by atoms with Crippen LogP contribution in [0.15, 0.2) is 12.2 Å². The number of carbonyl (C=O) groups is 1. The lowest BCUT2D eigenvalue weighted by Crippen LogP contribution is -2.42. The molecule has 0 aromatic rings. The van der Waals surface area contributed by atoms with Crippen LogP contribution in [-0.4, -0.2) is 43.7 Å². The molecule has 1 heterocycles. The van der Waals surface area contributed by atoms with Gasteiger partial charge in [0.15, 0.2) is 0 Å². The van der Waals surface area contributed by atoms with E-state index in [1.165, 1.54) is 57.3 Å². The van der Waals surface area contributed by atoms with Crippen LogP contribution in [0.3, 0.4) is 0 Å². The first-order valence-corrected chi connectivity index (χ1v) is 10.00. The maximum atomic E-state index is 12.0. The molecule has 0 aromatic carbocycles. The van der Waals surface area contributed by atoms with Crippen LogP contribution in [0.2, 0.25) is 0 Å². The van der Waals surface area contributed by atoms with Crippen molar-refractivity contribution in [2.45, 2.75) is 58.8 Å². The van der Waals surface area contributed by atoms with Crippen LogP contribution in [0.25, 0.3) is 0 Å². The summed E-state index contributed by atoms with van der Waals surface area (Å²) in [5, 5.41) is 6.08. The minimum Gasteiger partial charge on any atom is -0.338 e. The Morgan fingerprint density at radius 3 is 2.67 bits per heavy atom. The highest BCUT2D eigenvalue weighted by molar-refractivity contribution is 5.73. The monoisotopic (exact) mass is 335 g/mol. The number of piperidine rings is 1. The lowest BCUT2D eigenvalue weighted by Gasteiger charge is -2.31. The predicted molar refractivity (Wildman–Crippen MR) is 101 cm³/mol. The number of likely N-dealkylation sites (tertiary alicyclic amines) is 1. The summed E-state index contributed by atoms with van der Waals surface area (Å²) in [7, 11) is 0. The van der Waals surface area contributed by atoms with Crippen LogP contribution in [-0.2, 0) is 0 Å². The molecule has 0 aromatic heterocycles. The van der Waals surface area contributed by atoms with E-state index in [0.717, 1.165) is 31.8 Å². The standard InChI is InChI=1S/C20H37N3O/c1-4-5-10-23-11-7-18(8-12-23)15-22-20(24)21-9-6-19-14-16(2)13-17(19)3/h16,18-19H,3-15H2,1-2H3,(H2,21,22,24). The highest BCUT2D eigenvalue weighted by Gasteiger charge is 2.24. The van der Waals surface area contributed by atoms with E-state index in [4.69, 9.17) is 0 Å². The highest BCUT2D eigenvalue weighted by atomic mass is 16.2. The first-order valence-electron chi connectivity index (χ1n) is 10.00. The van der Waals surface area contributed by atoms with Gasteiger partial charge < -0.3 is 15.5 Å². The zero-order valence-electron chi connectivity index (χ0n) is 15.8. The molecule has 138 valence electrons. The Kier molecular flexibility index (Phi) is 8.10. The molecule has 1 aliphatic carbocycles. The van der Waals surface area contributed by atoms with Crippen molar-refractivity contribution in [3.8, 4) is 0 Å². The molecule has 2 amide bonds. The Morgan fingerprint density at radius 1 is 1.29 bits per heavy atom. The van der Waals surface area contributed by atoms with Gasteiger partial charge in [0.2, 0.25) is 0 Å². The van der Waals surface area contributed by atoms with Crippen LogP contribution in [0.5, 0.6) is 0 Å². The molecular formula is C20H37N3O. The van der Waals surface area contributed by atoms with Crippen LogP contribution in [0.1, 0.15) is 58.8 Å². The molecule has 1 aliphatic heterocycles. The molecule has 4 nitrogen and oxygen atoms in total. The SMILES string of the molecule is C=C1CC(C)CC1CCNC(=O)NCC1CCN(CCCC)CC1. The molecule has 2 rings (SSSR count). The van der Waals surface area contributed by atoms with Gasteiger partial charge in [-0.2, -0.15) is 0 Å². The Labute approximate surface area is 148 Å². The van der Waals surface area contributed by atoms with E-state index in [1.54, 1.807) is 0 Å². The van der Waals surface area contributed by atoms with Crippen LogP contribution in [0, 0.1) is 17.8 Å². The van der Waals surface area contributed by atoms with Gasteiger partial charge in [-0.25, -0.2) is 4.79 Å². The van der Waals surface area contributed by atoms with Gasteiger partial charge in [0, 0.05) is 13.1 Å². The predicted octanol–water partition coefficient (Wildman–Crippen LogP) is 3.79. The summed E-state index contributed by atoms with van der Waals surface area (Å²) < 4.78 is 0. The van der Waals surface area contributed by atoms with Gasteiger partial charge in [-0.1, -0.05) is 32.4 Å². The molecule has 2 unspecified atom stereocenters. The maximum Gasteiger partial charge on any atom is 0.314 e. The summed E-state index contributed by atoms with van der Waals surface area (Å²) in [6.45, 7) is 13.9. The van der Waals surface area contributed by atoms with Crippen molar-refractivity contribution in [2.24, 2.45) is 17.8 Å². The van der Waals surface area contributed by atoms with Gasteiger partial charge in [0.1, 0.15) is 0 Å². The molecule has 2 fully saturated rings. The normalized spacial score (nSPS) is 25.8. The average Bonchev–Trinajstić information content (AvgIpc) is 2.89. The first-order chi connectivity index (χ1) is 11.6. The zero-order valence-corrected chi connectivity index (χ0v) is 15.8. The molecule has 24 heavy (non-hydrogen) atoms. The van der Waals surface area contributed by atoms with Gasteiger partial charge in [-0.15, -0.1) is 0 Å². The van der Waals surface area contributed by atoms with Crippen molar-refractivity contribution in [3.05, 3.63) is 12.2 Å². The van der Waals surface area contributed by atoms with Crippen LogP contribution >= 0.6 is 0 Å². The topological polar surface area (TPSA) is 44.4 Å². The lowest BCUT2D eigenvalue weighted by atomic mass is 9.96. The second-order valence-electron chi connectivity index (χ2n) is 7.96. The quantitative estimate of drug-likeness (QED) is 0.663. The van der Waals surface area contributed by atoms with Crippen molar-refractivity contribution in [3.63, 3.8) is 0 Å². The minimum absolute atomic E-state index is 0.0000650. The summed E-state index contributed by atoms with van der Waals surface area (Å²) >= 11 is 0. The number of nitrogens with zero attached hydrogens (tertiary/aromatic N) is 1. The van der Waals surface area contributed by atoms with E-state index >= 15 is 0 Å². The average molecular weight is 336 g/mol. The fourth-order valence-corrected chi connectivity index (χ4v) is 4.13. The largest absolute Gasteiger partial charge is 0.338 e. The number of rotatable bonds is 8. The smallest absolute Gasteiger partial charge is 0.314 e. The molecule has 2 N–H and O–H groups in total. The zero-order chi connectivity index (χ0) is 17.4. The molecule has 0 radical (unpaired) electrons. The Morgan fingerprint density at radius 2 is 2.04 bits per heavy atom. The molecule has 1 saturated carbocycles. The summed E-state index contributed by atoms with van der Waals surface area (Å²) in [5.74, 6) is 2.01. The number of hydrogen-bond donors (Lipinski definition) is 2. The van der Waals surface area contributed by atoms with Crippen LogP contribution in [0.4, 0.5) is 4.79 Å². The summed E-state index contributed by atoms with van der Waals surface area (Å²) in [6, 6.07) is 0.0000650. The van der Waals surface area contributed by atoms with Gasteiger partial charge in [0.25, 0.3) is 0 Å². The second-order valence-corrected chi connectivity index (χ2v) is 7.96. The molecular weight excluding hydrogens is 298 g/mol. The summed E-state index contributed by atoms with van der Waals surface area (Å²) in [6.07, 6.45) is 8.43. The van der Waals surface area contributed by atoms with E-state index in [1.807, 2.05) is 0 Å². The third kappa shape index (κ3) is 6.46. The number of hydrogen-bond acceptors (Lipinski definition) is 2. The van der Waals surface area contributed by atoms with E-state index in [0.29, 0.717) is 11.8 Å². The highest BCUT2D eigenvalue weighted by Crippen LogP contribution is 2.36. The fourth-order valence-electron chi connectivity index (χ4n) is 4.13. The number of unbranched alkanes of at least 4 members (excludes halogenated alkanes) is 1.